The van der Waals surface area contributed by atoms with Crippen molar-refractivity contribution in [1.82, 2.24) is 9.88 Å². The third-order valence-electron chi connectivity index (χ3n) is 4.89. The van der Waals surface area contributed by atoms with Crippen LogP contribution in [0.4, 0.5) is 4.39 Å². The second-order valence-electron chi connectivity index (χ2n) is 7.39. The van der Waals surface area contributed by atoms with Crippen molar-refractivity contribution < 1.29 is 13.9 Å². The number of benzene rings is 2. The summed E-state index contributed by atoms with van der Waals surface area (Å²) in [5.74, 6) is 0.608. The second-order valence-corrected chi connectivity index (χ2v) is 8.33. The minimum atomic E-state index is -0.263. The summed E-state index contributed by atoms with van der Waals surface area (Å²) in [6, 6.07) is 14.5. The Morgan fingerprint density at radius 1 is 1.17 bits per heavy atom. The van der Waals surface area contributed by atoms with E-state index in [1.54, 1.807) is 12.1 Å². The van der Waals surface area contributed by atoms with E-state index in [0.717, 1.165) is 34.9 Å². The number of thiazole rings is 1. The molecule has 0 saturated heterocycles. The fraction of sp³-hybridized carbons (Fsp3) is 0.304. The molecule has 0 unspecified atom stereocenters. The zero-order chi connectivity index (χ0) is 20.2. The lowest BCUT2D eigenvalue weighted by molar-refractivity contribution is -0.131. The largest absolute Gasteiger partial charge is 0.486 e. The van der Waals surface area contributed by atoms with Crippen molar-refractivity contribution in [3.05, 3.63) is 81.6 Å². The smallest absolute Gasteiger partial charge is 0.229 e. The quantitative estimate of drug-likeness (QED) is 0.530. The standard InChI is InChI=1S/C23H23FN2O2S/c1-16-2-10-21(11-3-16)28-14-22-25-19(15-29-22)12-23(27)26(20-8-9-20)13-17-4-6-18(24)7-5-17/h2-7,10-11,15,20H,8-9,12-14H2,1H3. The number of hydrogen-bond acceptors (Lipinski definition) is 4. The maximum Gasteiger partial charge on any atom is 0.229 e. The lowest BCUT2D eigenvalue weighted by atomic mass is 10.2. The topological polar surface area (TPSA) is 42.4 Å². The van der Waals surface area contributed by atoms with Crippen LogP contribution < -0.4 is 4.74 Å². The summed E-state index contributed by atoms with van der Waals surface area (Å²) < 4.78 is 18.9. The molecule has 6 heteroatoms. The molecule has 0 bridgehead atoms. The highest BCUT2D eigenvalue weighted by atomic mass is 32.1. The molecule has 0 radical (unpaired) electrons. The molecule has 1 saturated carbocycles. The number of hydrogen-bond donors (Lipinski definition) is 0. The molecule has 4 nitrogen and oxygen atoms in total. The molecule has 1 aliphatic rings. The van der Waals surface area contributed by atoms with Crippen molar-refractivity contribution in [2.24, 2.45) is 0 Å². The van der Waals surface area contributed by atoms with Gasteiger partial charge in [-0.1, -0.05) is 29.8 Å². The van der Waals surface area contributed by atoms with Gasteiger partial charge in [-0.15, -0.1) is 11.3 Å². The van der Waals surface area contributed by atoms with Crippen LogP contribution in [0.25, 0.3) is 0 Å². The number of aromatic nitrogens is 1. The van der Waals surface area contributed by atoms with Crippen LogP contribution in [0.3, 0.4) is 0 Å². The summed E-state index contributed by atoms with van der Waals surface area (Å²) in [6.07, 6.45) is 2.33. The molecule has 2 aromatic carbocycles. The zero-order valence-corrected chi connectivity index (χ0v) is 17.1. The van der Waals surface area contributed by atoms with Gasteiger partial charge in [0.05, 0.1) is 12.1 Å². The normalized spacial score (nSPS) is 13.3. The number of rotatable bonds is 8. The summed E-state index contributed by atoms with van der Waals surface area (Å²) in [4.78, 5) is 19.3. The minimum Gasteiger partial charge on any atom is -0.486 e. The van der Waals surface area contributed by atoms with Crippen molar-refractivity contribution >= 4 is 17.2 Å². The van der Waals surface area contributed by atoms with Gasteiger partial charge in [0, 0.05) is 18.0 Å². The third-order valence-corrected chi connectivity index (χ3v) is 5.76. The average Bonchev–Trinajstić information content (AvgIpc) is 3.46. The minimum absolute atomic E-state index is 0.0631. The van der Waals surface area contributed by atoms with Crippen LogP contribution >= 0.6 is 11.3 Å². The van der Waals surface area contributed by atoms with E-state index in [1.165, 1.54) is 29.0 Å². The van der Waals surface area contributed by atoms with Gasteiger partial charge in [-0.3, -0.25) is 4.79 Å². The van der Waals surface area contributed by atoms with Gasteiger partial charge < -0.3 is 9.64 Å². The Hall–Kier alpha value is -2.73. The van der Waals surface area contributed by atoms with E-state index in [2.05, 4.69) is 4.98 Å². The second kappa shape index (κ2) is 8.74. The van der Waals surface area contributed by atoms with E-state index in [0.29, 0.717) is 13.2 Å². The van der Waals surface area contributed by atoms with E-state index < -0.39 is 0 Å². The van der Waals surface area contributed by atoms with E-state index >= 15 is 0 Å². The predicted octanol–water partition coefficient (Wildman–Crippen LogP) is 4.90. The van der Waals surface area contributed by atoms with E-state index in [-0.39, 0.29) is 24.2 Å². The Bertz CT molecular complexity index is 965. The number of amides is 1. The van der Waals surface area contributed by atoms with E-state index in [1.807, 2.05) is 41.5 Å². The molecule has 150 valence electrons. The number of nitrogens with zero attached hydrogens (tertiary/aromatic N) is 2. The predicted molar refractivity (Wildman–Crippen MR) is 111 cm³/mol. The van der Waals surface area contributed by atoms with Crippen LogP contribution in [0.1, 0.15) is 34.7 Å². The highest BCUT2D eigenvalue weighted by Gasteiger charge is 2.32. The highest BCUT2D eigenvalue weighted by Crippen LogP contribution is 2.29. The summed E-state index contributed by atoms with van der Waals surface area (Å²) in [5, 5.41) is 2.78. The molecule has 0 N–H and O–H groups in total. The lowest BCUT2D eigenvalue weighted by Gasteiger charge is -2.22. The third kappa shape index (κ3) is 5.41. The van der Waals surface area contributed by atoms with Crippen LogP contribution in [-0.4, -0.2) is 21.8 Å². The molecule has 1 heterocycles. The van der Waals surface area contributed by atoms with Crippen molar-refractivity contribution in [2.45, 2.75) is 45.4 Å². The van der Waals surface area contributed by atoms with Crippen LogP contribution in [0.5, 0.6) is 5.75 Å². The van der Waals surface area contributed by atoms with Gasteiger partial charge in [0.1, 0.15) is 23.2 Å². The Balaban J connectivity index is 1.34. The first-order valence-electron chi connectivity index (χ1n) is 9.73. The van der Waals surface area contributed by atoms with Gasteiger partial charge in [-0.05, 0) is 49.6 Å². The molecule has 4 rings (SSSR count). The van der Waals surface area contributed by atoms with Gasteiger partial charge in [0.25, 0.3) is 0 Å². The van der Waals surface area contributed by atoms with Crippen LogP contribution in [0.15, 0.2) is 53.9 Å². The van der Waals surface area contributed by atoms with Crippen molar-refractivity contribution in [3.8, 4) is 5.75 Å². The average molecular weight is 411 g/mol. The van der Waals surface area contributed by atoms with E-state index in [4.69, 9.17) is 4.74 Å². The van der Waals surface area contributed by atoms with E-state index in [9.17, 15) is 9.18 Å². The van der Waals surface area contributed by atoms with Crippen molar-refractivity contribution in [3.63, 3.8) is 0 Å². The van der Waals surface area contributed by atoms with Gasteiger partial charge in [0.15, 0.2) is 0 Å². The molecular weight excluding hydrogens is 387 g/mol. The lowest BCUT2D eigenvalue weighted by Crippen LogP contribution is -2.33. The monoisotopic (exact) mass is 410 g/mol. The SMILES string of the molecule is Cc1ccc(OCc2nc(CC(=O)N(Cc3ccc(F)cc3)C3CC3)cs2)cc1. The van der Waals surface area contributed by atoms with Crippen molar-refractivity contribution in [2.75, 3.05) is 0 Å². The molecule has 1 aromatic heterocycles. The van der Waals surface area contributed by atoms with Gasteiger partial charge in [-0.2, -0.15) is 0 Å². The Kier molecular flexibility index (Phi) is 5.90. The molecule has 0 atom stereocenters. The summed E-state index contributed by atoms with van der Waals surface area (Å²) >= 11 is 1.51. The fourth-order valence-corrected chi connectivity index (χ4v) is 3.83. The molecule has 1 fully saturated rings. The van der Waals surface area contributed by atoms with Gasteiger partial charge in [0.2, 0.25) is 5.91 Å². The molecule has 1 amide bonds. The van der Waals surface area contributed by atoms with Gasteiger partial charge >= 0.3 is 0 Å². The number of aryl methyl sites for hydroxylation is 1. The van der Waals surface area contributed by atoms with Crippen LogP contribution in [-0.2, 0) is 24.4 Å². The Labute approximate surface area is 174 Å². The molecular formula is C23H23FN2O2S. The maximum absolute atomic E-state index is 13.1. The van der Waals surface area contributed by atoms with Crippen LogP contribution in [0, 0.1) is 12.7 Å². The van der Waals surface area contributed by atoms with Crippen LogP contribution in [0.2, 0.25) is 0 Å². The van der Waals surface area contributed by atoms with Gasteiger partial charge in [-0.25, -0.2) is 9.37 Å². The number of ether oxygens (including phenoxy) is 1. The maximum atomic E-state index is 13.1. The zero-order valence-electron chi connectivity index (χ0n) is 16.3. The first-order chi connectivity index (χ1) is 14.1. The first kappa shape index (κ1) is 19.6. The molecule has 1 aliphatic carbocycles. The summed E-state index contributed by atoms with van der Waals surface area (Å²) in [6.45, 7) is 2.94. The summed E-state index contributed by atoms with van der Waals surface area (Å²) in [5.41, 5.74) is 2.90. The Morgan fingerprint density at radius 3 is 2.59 bits per heavy atom. The molecule has 29 heavy (non-hydrogen) atoms. The highest BCUT2D eigenvalue weighted by molar-refractivity contribution is 7.09. The molecule has 3 aromatic rings. The fourth-order valence-electron chi connectivity index (χ4n) is 3.13. The number of halogens is 1. The Morgan fingerprint density at radius 2 is 1.90 bits per heavy atom. The summed E-state index contributed by atoms with van der Waals surface area (Å²) in [7, 11) is 0. The molecule has 0 spiro atoms. The number of carbonyl (C=O) groups is 1. The number of carbonyl (C=O) groups excluding carboxylic acids is 1. The first-order valence-corrected chi connectivity index (χ1v) is 10.6. The molecule has 0 aliphatic heterocycles. The van der Waals surface area contributed by atoms with Crippen molar-refractivity contribution in [1.29, 1.82) is 0 Å².